The maximum absolute atomic E-state index is 12.9. The van der Waals surface area contributed by atoms with E-state index in [0.717, 1.165) is 5.75 Å². The average molecular weight is 332 g/mol. The summed E-state index contributed by atoms with van der Waals surface area (Å²) in [6, 6.07) is 12.0. The van der Waals surface area contributed by atoms with Crippen LogP contribution in [0.25, 0.3) is 0 Å². The van der Waals surface area contributed by atoms with Gasteiger partial charge in [0.15, 0.2) is 0 Å². The smallest absolute Gasteiger partial charge is 0.319 e. The second-order valence-electron chi connectivity index (χ2n) is 5.55. The Labute approximate surface area is 140 Å². The minimum Gasteiger partial charge on any atom is -0.494 e. The first-order valence-electron chi connectivity index (χ1n) is 7.67. The number of nitrogens with one attached hydrogen (secondary N) is 2. The minimum absolute atomic E-state index is 0.0124. The summed E-state index contributed by atoms with van der Waals surface area (Å²) in [6.07, 6.45) is 0. The molecule has 0 spiro atoms. The molecule has 0 saturated carbocycles. The van der Waals surface area contributed by atoms with Crippen LogP contribution in [0.1, 0.15) is 19.4 Å². The zero-order chi connectivity index (χ0) is 17.6. The fourth-order valence-electron chi connectivity index (χ4n) is 2.14. The van der Waals surface area contributed by atoms with Gasteiger partial charge in [-0.3, -0.25) is 0 Å². The third kappa shape index (κ3) is 4.96. The molecule has 0 aliphatic rings. The summed E-state index contributed by atoms with van der Waals surface area (Å²) in [7, 11) is 0. The molecule has 0 heterocycles. The summed E-state index contributed by atoms with van der Waals surface area (Å²) < 4.78 is 18.3. The second kappa shape index (κ2) is 7.79. The number of urea groups is 1. The van der Waals surface area contributed by atoms with Crippen LogP contribution in [-0.4, -0.2) is 24.3 Å². The van der Waals surface area contributed by atoms with E-state index < -0.39 is 11.6 Å². The number of aliphatic hydroxyl groups is 1. The van der Waals surface area contributed by atoms with E-state index in [1.807, 2.05) is 6.92 Å². The Morgan fingerprint density at radius 2 is 1.79 bits per heavy atom. The molecule has 2 amide bonds. The molecule has 24 heavy (non-hydrogen) atoms. The van der Waals surface area contributed by atoms with Crippen LogP contribution in [0, 0.1) is 5.82 Å². The number of ether oxygens (including phenoxy) is 1. The van der Waals surface area contributed by atoms with Crippen molar-refractivity contribution in [2.45, 2.75) is 19.4 Å². The Morgan fingerprint density at radius 3 is 2.38 bits per heavy atom. The molecular weight excluding hydrogens is 311 g/mol. The van der Waals surface area contributed by atoms with E-state index in [-0.39, 0.29) is 12.4 Å². The number of hydrogen-bond acceptors (Lipinski definition) is 3. The third-order valence-electron chi connectivity index (χ3n) is 3.48. The Morgan fingerprint density at radius 1 is 1.17 bits per heavy atom. The molecule has 1 atom stereocenters. The average Bonchev–Trinajstić information content (AvgIpc) is 2.56. The SMILES string of the molecule is CCOc1ccc(NC(=O)NCC(C)(O)c2ccc(F)cc2)cc1. The normalized spacial score (nSPS) is 13.0. The zero-order valence-electron chi connectivity index (χ0n) is 13.7. The summed E-state index contributed by atoms with van der Waals surface area (Å²) in [5, 5.41) is 15.7. The van der Waals surface area contributed by atoms with E-state index in [4.69, 9.17) is 4.74 Å². The highest BCUT2D eigenvalue weighted by Gasteiger charge is 2.23. The summed E-state index contributed by atoms with van der Waals surface area (Å²) in [6.45, 7) is 4.01. The predicted octanol–water partition coefficient (Wildman–Crippen LogP) is 3.25. The summed E-state index contributed by atoms with van der Waals surface area (Å²) in [5.74, 6) is 0.346. The number of benzene rings is 2. The Hall–Kier alpha value is -2.60. The molecule has 128 valence electrons. The van der Waals surface area contributed by atoms with Gasteiger partial charge < -0.3 is 20.5 Å². The molecule has 0 fully saturated rings. The topological polar surface area (TPSA) is 70.6 Å². The van der Waals surface area contributed by atoms with E-state index in [1.54, 1.807) is 31.2 Å². The van der Waals surface area contributed by atoms with Gasteiger partial charge in [0.2, 0.25) is 0 Å². The first-order chi connectivity index (χ1) is 11.4. The maximum Gasteiger partial charge on any atom is 0.319 e. The van der Waals surface area contributed by atoms with Crippen LogP contribution in [0.2, 0.25) is 0 Å². The molecule has 2 rings (SSSR count). The molecule has 6 heteroatoms. The predicted molar refractivity (Wildman–Crippen MR) is 90.6 cm³/mol. The van der Waals surface area contributed by atoms with Gasteiger partial charge in [0.1, 0.15) is 17.2 Å². The lowest BCUT2D eigenvalue weighted by atomic mass is 9.96. The van der Waals surface area contributed by atoms with Crippen LogP contribution < -0.4 is 15.4 Å². The first kappa shape index (κ1) is 17.7. The lowest BCUT2D eigenvalue weighted by Gasteiger charge is -2.24. The van der Waals surface area contributed by atoms with E-state index in [2.05, 4.69) is 10.6 Å². The molecule has 0 bridgehead atoms. The van der Waals surface area contributed by atoms with Crippen molar-refractivity contribution in [1.82, 2.24) is 5.32 Å². The van der Waals surface area contributed by atoms with Gasteiger partial charge in [-0.1, -0.05) is 12.1 Å². The molecule has 0 radical (unpaired) electrons. The molecule has 0 saturated heterocycles. The van der Waals surface area contributed by atoms with Gasteiger partial charge in [-0.25, -0.2) is 9.18 Å². The Bertz CT molecular complexity index is 670. The first-order valence-corrected chi connectivity index (χ1v) is 7.67. The van der Waals surface area contributed by atoms with Crippen molar-refractivity contribution < 1.29 is 19.0 Å². The van der Waals surface area contributed by atoms with Crippen molar-refractivity contribution in [3.05, 3.63) is 59.9 Å². The number of carbonyl (C=O) groups excluding carboxylic acids is 1. The number of hydrogen-bond donors (Lipinski definition) is 3. The molecule has 0 aliphatic carbocycles. The van der Waals surface area contributed by atoms with Crippen molar-refractivity contribution in [2.24, 2.45) is 0 Å². The summed E-state index contributed by atoms with van der Waals surface area (Å²) in [5.41, 5.74) is -0.174. The van der Waals surface area contributed by atoms with Crippen molar-refractivity contribution in [2.75, 3.05) is 18.5 Å². The van der Waals surface area contributed by atoms with Crippen molar-refractivity contribution in [3.63, 3.8) is 0 Å². The number of carbonyl (C=O) groups is 1. The largest absolute Gasteiger partial charge is 0.494 e. The van der Waals surface area contributed by atoms with Gasteiger partial charge in [-0.05, 0) is 55.8 Å². The van der Waals surface area contributed by atoms with Gasteiger partial charge in [0.25, 0.3) is 0 Å². The number of halogens is 1. The monoisotopic (exact) mass is 332 g/mol. The number of rotatable bonds is 6. The van der Waals surface area contributed by atoms with E-state index in [1.165, 1.54) is 24.3 Å². The highest BCUT2D eigenvalue weighted by molar-refractivity contribution is 5.89. The molecule has 5 nitrogen and oxygen atoms in total. The molecule has 3 N–H and O–H groups in total. The van der Waals surface area contributed by atoms with Crippen molar-refractivity contribution in [3.8, 4) is 5.75 Å². The maximum atomic E-state index is 12.9. The highest BCUT2D eigenvalue weighted by Crippen LogP contribution is 2.20. The second-order valence-corrected chi connectivity index (χ2v) is 5.55. The third-order valence-corrected chi connectivity index (χ3v) is 3.48. The zero-order valence-corrected chi connectivity index (χ0v) is 13.7. The Kier molecular flexibility index (Phi) is 5.76. The molecule has 0 aliphatic heterocycles. The molecule has 2 aromatic carbocycles. The highest BCUT2D eigenvalue weighted by atomic mass is 19.1. The number of anilines is 1. The Balaban J connectivity index is 1.88. The molecule has 2 aromatic rings. The molecule has 1 unspecified atom stereocenters. The summed E-state index contributed by atoms with van der Waals surface area (Å²) >= 11 is 0. The quantitative estimate of drug-likeness (QED) is 0.760. The van der Waals surface area contributed by atoms with E-state index >= 15 is 0 Å². The fraction of sp³-hybridized carbons (Fsp3) is 0.278. The standard InChI is InChI=1S/C18H21FN2O3/c1-3-24-16-10-8-15(9-11-16)21-17(22)20-12-18(2,23)13-4-6-14(19)7-5-13/h4-11,23H,3,12H2,1-2H3,(H2,20,21,22). The van der Waals surface area contributed by atoms with E-state index in [0.29, 0.717) is 17.9 Å². The van der Waals surface area contributed by atoms with Gasteiger partial charge >= 0.3 is 6.03 Å². The van der Waals surface area contributed by atoms with Crippen molar-refractivity contribution in [1.29, 1.82) is 0 Å². The molecule has 0 aromatic heterocycles. The van der Waals surface area contributed by atoms with Crippen LogP contribution >= 0.6 is 0 Å². The molecular formula is C18H21FN2O3. The van der Waals surface area contributed by atoms with Gasteiger partial charge in [-0.15, -0.1) is 0 Å². The lowest BCUT2D eigenvalue weighted by molar-refractivity contribution is 0.0599. The van der Waals surface area contributed by atoms with Crippen LogP contribution in [0.3, 0.4) is 0 Å². The van der Waals surface area contributed by atoms with Crippen LogP contribution in [0.4, 0.5) is 14.9 Å². The lowest BCUT2D eigenvalue weighted by Crippen LogP contribution is -2.40. The van der Waals surface area contributed by atoms with Gasteiger partial charge in [0.05, 0.1) is 13.2 Å². The van der Waals surface area contributed by atoms with Gasteiger partial charge in [0, 0.05) is 5.69 Å². The fourth-order valence-corrected chi connectivity index (χ4v) is 2.14. The van der Waals surface area contributed by atoms with Crippen molar-refractivity contribution >= 4 is 11.7 Å². The van der Waals surface area contributed by atoms with Crippen LogP contribution in [0.5, 0.6) is 5.75 Å². The number of amides is 2. The van der Waals surface area contributed by atoms with Crippen LogP contribution in [-0.2, 0) is 5.60 Å². The van der Waals surface area contributed by atoms with E-state index in [9.17, 15) is 14.3 Å². The van der Waals surface area contributed by atoms with Gasteiger partial charge in [-0.2, -0.15) is 0 Å². The van der Waals surface area contributed by atoms with Crippen LogP contribution in [0.15, 0.2) is 48.5 Å². The summed E-state index contributed by atoms with van der Waals surface area (Å²) in [4.78, 5) is 11.9. The minimum atomic E-state index is -1.30.